The molecule has 1 aromatic carbocycles. The summed E-state index contributed by atoms with van der Waals surface area (Å²) in [5.74, 6) is 0.529. The summed E-state index contributed by atoms with van der Waals surface area (Å²) in [6, 6.07) is 7.52. The molecule has 1 atom stereocenters. The maximum absolute atomic E-state index is 10.1. The Balaban J connectivity index is 2.00. The van der Waals surface area contributed by atoms with Crippen molar-refractivity contribution in [3.05, 3.63) is 39.6 Å². The first-order chi connectivity index (χ1) is 8.58. The fourth-order valence-corrected chi connectivity index (χ4v) is 3.03. The summed E-state index contributed by atoms with van der Waals surface area (Å²) in [5.41, 5.74) is 0.677. The highest BCUT2D eigenvalue weighted by Gasteiger charge is 2.17. The average Bonchev–Trinajstić information content (AvgIpc) is 2.68. The van der Waals surface area contributed by atoms with Crippen LogP contribution in [0.15, 0.2) is 33.8 Å². The van der Waals surface area contributed by atoms with Crippen LogP contribution in [0, 0.1) is 0 Å². The second-order valence-corrected chi connectivity index (χ2v) is 5.95. The lowest BCUT2D eigenvalue weighted by atomic mass is 10.3. The van der Waals surface area contributed by atoms with E-state index in [0.717, 1.165) is 4.90 Å². The lowest BCUT2D eigenvalue weighted by Crippen LogP contribution is -2.08. The Morgan fingerprint density at radius 3 is 2.67 bits per heavy atom. The van der Waals surface area contributed by atoms with Crippen molar-refractivity contribution in [2.75, 3.05) is 5.75 Å². The van der Waals surface area contributed by atoms with Crippen molar-refractivity contribution in [2.24, 2.45) is 7.05 Å². The number of nitrogens with zero attached hydrogens (tertiary/aromatic N) is 3. The molecular formula is C11H11BrClN3OS. The van der Waals surface area contributed by atoms with Gasteiger partial charge in [-0.05, 0) is 40.2 Å². The van der Waals surface area contributed by atoms with Crippen LogP contribution in [0.3, 0.4) is 0 Å². The number of aromatic nitrogens is 3. The van der Waals surface area contributed by atoms with E-state index in [2.05, 4.69) is 26.2 Å². The van der Waals surface area contributed by atoms with Crippen molar-refractivity contribution in [3.8, 4) is 0 Å². The fraction of sp³-hybridized carbons (Fsp3) is 0.273. The van der Waals surface area contributed by atoms with Crippen molar-refractivity contribution in [1.29, 1.82) is 0 Å². The molecule has 2 rings (SSSR count). The van der Waals surface area contributed by atoms with Crippen LogP contribution in [0.5, 0.6) is 0 Å². The topological polar surface area (TPSA) is 50.9 Å². The third kappa shape index (κ3) is 3.26. The quantitative estimate of drug-likeness (QED) is 0.863. The number of halogens is 2. The highest BCUT2D eigenvalue weighted by Crippen LogP contribution is 2.28. The van der Waals surface area contributed by atoms with Crippen LogP contribution in [0.2, 0.25) is 5.02 Å². The van der Waals surface area contributed by atoms with Crippen LogP contribution in [0.4, 0.5) is 0 Å². The van der Waals surface area contributed by atoms with E-state index in [9.17, 15) is 5.11 Å². The molecule has 1 heterocycles. The first-order valence-corrected chi connectivity index (χ1v) is 7.35. The average molecular weight is 349 g/mol. The molecule has 2 aromatic rings. The second kappa shape index (κ2) is 6.06. The molecule has 0 spiro atoms. The molecule has 18 heavy (non-hydrogen) atoms. The summed E-state index contributed by atoms with van der Waals surface area (Å²) in [4.78, 5) is 1.06. The molecule has 0 amide bonds. The summed E-state index contributed by atoms with van der Waals surface area (Å²) < 4.78 is 2.14. The maximum Gasteiger partial charge on any atom is 0.154 e. The van der Waals surface area contributed by atoms with Crippen molar-refractivity contribution in [3.63, 3.8) is 0 Å². The van der Waals surface area contributed by atoms with Crippen molar-refractivity contribution >= 4 is 39.3 Å². The maximum atomic E-state index is 10.1. The van der Waals surface area contributed by atoms with E-state index in [-0.39, 0.29) is 0 Å². The molecule has 1 unspecified atom stereocenters. The van der Waals surface area contributed by atoms with Crippen molar-refractivity contribution in [1.82, 2.24) is 15.0 Å². The Kier molecular flexibility index (Phi) is 4.66. The normalized spacial score (nSPS) is 12.7. The fourth-order valence-electron chi connectivity index (χ4n) is 1.48. The van der Waals surface area contributed by atoms with Gasteiger partial charge in [-0.1, -0.05) is 16.8 Å². The minimum Gasteiger partial charge on any atom is -0.386 e. The number of thioether (sulfide) groups is 1. The first-order valence-electron chi connectivity index (χ1n) is 5.19. The van der Waals surface area contributed by atoms with Gasteiger partial charge in [0.25, 0.3) is 0 Å². The minimum absolute atomic E-state index is 0.529. The van der Waals surface area contributed by atoms with Gasteiger partial charge in [-0.3, -0.25) is 0 Å². The van der Waals surface area contributed by atoms with E-state index in [1.165, 1.54) is 0 Å². The number of benzene rings is 1. The molecule has 96 valence electrons. The molecule has 0 aliphatic rings. The van der Waals surface area contributed by atoms with Gasteiger partial charge in [0.1, 0.15) is 11.8 Å². The number of hydrogen-bond donors (Lipinski definition) is 1. The SMILES string of the molecule is Cn1nnc(Br)c1C(O)CSc1ccc(Cl)cc1. The van der Waals surface area contributed by atoms with Gasteiger partial charge in [-0.15, -0.1) is 16.9 Å². The highest BCUT2D eigenvalue weighted by molar-refractivity contribution is 9.10. The van der Waals surface area contributed by atoms with E-state index in [0.29, 0.717) is 21.1 Å². The lowest BCUT2D eigenvalue weighted by molar-refractivity contribution is 0.193. The van der Waals surface area contributed by atoms with Gasteiger partial charge in [0.15, 0.2) is 4.60 Å². The summed E-state index contributed by atoms with van der Waals surface area (Å²) in [7, 11) is 1.75. The largest absolute Gasteiger partial charge is 0.386 e. The van der Waals surface area contributed by atoms with Crippen LogP contribution < -0.4 is 0 Å². The molecule has 0 radical (unpaired) electrons. The van der Waals surface area contributed by atoms with Crippen molar-refractivity contribution in [2.45, 2.75) is 11.0 Å². The second-order valence-electron chi connectivity index (χ2n) is 3.67. The predicted molar refractivity (Wildman–Crippen MR) is 75.8 cm³/mol. The van der Waals surface area contributed by atoms with E-state index in [1.807, 2.05) is 24.3 Å². The predicted octanol–water partition coefficient (Wildman–Crippen LogP) is 3.06. The van der Waals surface area contributed by atoms with Crippen LogP contribution in [-0.4, -0.2) is 25.9 Å². The monoisotopic (exact) mass is 347 g/mol. The van der Waals surface area contributed by atoms with Gasteiger partial charge in [-0.2, -0.15) is 0 Å². The Hall–Kier alpha value is -0.560. The highest BCUT2D eigenvalue weighted by atomic mass is 79.9. The molecule has 1 N–H and O–H groups in total. The zero-order valence-corrected chi connectivity index (χ0v) is 12.7. The van der Waals surface area contributed by atoms with Gasteiger partial charge >= 0.3 is 0 Å². The minimum atomic E-state index is -0.625. The standard InChI is InChI=1S/C11H11BrClN3OS/c1-16-10(11(12)14-15-16)9(17)6-18-8-4-2-7(13)3-5-8/h2-5,9,17H,6H2,1H3. The first kappa shape index (κ1) is 13.9. The van der Waals surface area contributed by atoms with Crippen LogP contribution in [-0.2, 0) is 7.05 Å². The number of aliphatic hydroxyl groups excluding tert-OH is 1. The Labute approximate surface area is 122 Å². The molecule has 0 bridgehead atoms. The molecule has 4 nitrogen and oxygen atoms in total. The number of aliphatic hydroxyl groups is 1. The van der Waals surface area contributed by atoms with Crippen molar-refractivity contribution < 1.29 is 5.11 Å². The van der Waals surface area contributed by atoms with Crippen LogP contribution in [0.1, 0.15) is 11.8 Å². The molecule has 0 saturated heterocycles. The number of aryl methyl sites for hydroxylation is 1. The molecule has 0 fully saturated rings. The lowest BCUT2D eigenvalue weighted by Gasteiger charge is -2.10. The summed E-state index contributed by atoms with van der Waals surface area (Å²) in [6.45, 7) is 0. The summed E-state index contributed by atoms with van der Waals surface area (Å²) >= 11 is 10.6. The zero-order valence-electron chi connectivity index (χ0n) is 9.55. The Morgan fingerprint density at radius 2 is 2.11 bits per heavy atom. The molecule has 0 aliphatic heterocycles. The van der Waals surface area contributed by atoms with E-state index in [4.69, 9.17) is 11.6 Å². The molecule has 7 heteroatoms. The smallest absolute Gasteiger partial charge is 0.154 e. The third-order valence-electron chi connectivity index (χ3n) is 2.36. The van der Waals surface area contributed by atoms with E-state index in [1.54, 1.807) is 23.5 Å². The molecule has 0 aliphatic carbocycles. The Bertz CT molecular complexity index is 512. The molecule has 1 aromatic heterocycles. The summed E-state index contributed by atoms with van der Waals surface area (Å²) in [6.07, 6.45) is -0.625. The van der Waals surface area contributed by atoms with Gasteiger partial charge in [-0.25, -0.2) is 4.68 Å². The van der Waals surface area contributed by atoms with Crippen LogP contribution >= 0.6 is 39.3 Å². The zero-order chi connectivity index (χ0) is 13.1. The van der Waals surface area contributed by atoms with Gasteiger partial charge < -0.3 is 5.11 Å². The van der Waals surface area contributed by atoms with E-state index < -0.39 is 6.10 Å². The molecule has 0 saturated carbocycles. The Morgan fingerprint density at radius 1 is 1.44 bits per heavy atom. The van der Waals surface area contributed by atoms with Gasteiger partial charge in [0.2, 0.25) is 0 Å². The third-order valence-corrected chi connectivity index (χ3v) is 4.27. The number of rotatable bonds is 4. The summed E-state index contributed by atoms with van der Waals surface area (Å²) in [5, 5.41) is 18.5. The van der Waals surface area contributed by atoms with E-state index >= 15 is 0 Å². The number of hydrogen-bond acceptors (Lipinski definition) is 4. The van der Waals surface area contributed by atoms with Gasteiger partial charge in [0.05, 0.1) is 0 Å². The molecular weight excluding hydrogens is 338 g/mol. The van der Waals surface area contributed by atoms with Crippen LogP contribution in [0.25, 0.3) is 0 Å². The van der Waals surface area contributed by atoms with Gasteiger partial charge in [0, 0.05) is 22.7 Å².